The van der Waals surface area contributed by atoms with Crippen molar-refractivity contribution in [1.82, 2.24) is 15.8 Å². The van der Waals surface area contributed by atoms with Gasteiger partial charge in [0.05, 0.1) is 12.0 Å². The Morgan fingerprint density at radius 3 is 2.43 bits per heavy atom. The van der Waals surface area contributed by atoms with Crippen LogP contribution in [0.1, 0.15) is 15.9 Å². The number of hydrogen-bond donors (Lipinski definition) is 2. The van der Waals surface area contributed by atoms with Gasteiger partial charge in [-0.3, -0.25) is 20.4 Å². The number of nitrogens with one attached hydrogen (secondary N) is 2. The first-order valence-electron chi connectivity index (χ1n) is 8.23. The zero-order valence-corrected chi connectivity index (χ0v) is 16.9. The Labute approximate surface area is 173 Å². The summed E-state index contributed by atoms with van der Waals surface area (Å²) in [5, 5.41) is 0.523. The van der Waals surface area contributed by atoms with Gasteiger partial charge < -0.3 is 0 Å². The van der Waals surface area contributed by atoms with E-state index in [4.69, 9.17) is 0 Å². The van der Waals surface area contributed by atoms with Gasteiger partial charge >= 0.3 is 0 Å². The molecule has 0 aliphatic rings. The van der Waals surface area contributed by atoms with E-state index in [0.29, 0.717) is 16.2 Å². The Morgan fingerprint density at radius 2 is 1.71 bits per heavy atom. The summed E-state index contributed by atoms with van der Waals surface area (Å²) in [6, 6.07) is 16.5. The molecule has 5 nitrogen and oxygen atoms in total. The van der Waals surface area contributed by atoms with Crippen LogP contribution in [0.2, 0.25) is 0 Å². The van der Waals surface area contributed by atoms with E-state index in [1.807, 2.05) is 24.3 Å². The lowest BCUT2D eigenvalue weighted by atomic mass is 10.1. The first kappa shape index (κ1) is 20.0. The Balaban J connectivity index is 1.61. The van der Waals surface area contributed by atoms with Crippen LogP contribution in [0.15, 0.2) is 81.3 Å². The molecule has 2 N–H and O–H groups in total. The lowest BCUT2D eigenvalue weighted by Crippen LogP contribution is -2.42. The molecule has 0 aliphatic heterocycles. The van der Waals surface area contributed by atoms with Crippen LogP contribution in [-0.4, -0.2) is 16.8 Å². The van der Waals surface area contributed by atoms with Crippen LogP contribution in [0.3, 0.4) is 0 Å². The quantitative estimate of drug-likeness (QED) is 0.562. The van der Waals surface area contributed by atoms with Gasteiger partial charge in [-0.05, 0) is 54.1 Å². The van der Waals surface area contributed by atoms with Crippen LogP contribution >= 0.6 is 27.7 Å². The van der Waals surface area contributed by atoms with Crippen molar-refractivity contribution in [2.24, 2.45) is 0 Å². The molecule has 1 heterocycles. The predicted molar refractivity (Wildman–Crippen MR) is 108 cm³/mol. The van der Waals surface area contributed by atoms with Crippen LogP contribution in [0, 0.1) is 5.82 Å². The molecule has 0 bridgehead atoms. The summed E-state index contributed by atoms with van der Waals surface area (Å²) in [4.78, 5) is 29.7. The van der Waals surface area contributed by atoms with Crippen LogP contribution in [0.25, 0.3) is 0 Å². The predicted octanol–water partition coefficient (Wildman–Crippen LogP) is 4.14. The minimum absolute atomic E-state index is 0.0219. The second-order valence-corrected chi connectivity index (χ2v) is 7.70. The number of benzene rings is 2. The van der Waals surface area contributed by atoms with Gasteiger partial charge in [-0.25, -0.2) is 9.37 Å². The Hall–Kier alpha value is -2.71. The second-order valence-electron chi connectivity index (χ2n) is 5.72. The molecule has 0 fully saturated rings. The smallest absolute Gasteiger partial charge is 0.272 e. The number of hydrazine groups is 1. The van der Waals surface area contributed by atoms with Crippen LogP contribution < -0.4 is 10.9 Å². The van der Waals surface area contributed by atoms with E-state index >= 15 is 0 Å². The summed E-state index contributed by atoms with van der Waals surface area (Å²) in [6.07, 6.45) is 1.62. The van der Waals surface area contributed by atoms with Crippen LogP contribution in [0.5, 0.6) is 0 Å². The molecule has 0 saturated heterocycles. The highest BCUT2D eigenvalue weighted by atomic mass is 79.9. The maximum absolute atomic E-state index is 12.9. The minimum Gasteiger partial charge on any atom is -0.273 e. The summed E-state index contributed by atoms with van der Waals surface area (Å²) in [7, 11) is 0. The van der Waals surface area contributed by atoms with E-state index < -0.39 is 11.8 Å². The molecule has 3 aromatic rings. The molecule has 2 aromatic carbocycles. The molecule has 2 amide bonds. The lowest BCUT2D eigenvalue weighted by molar-refractivity contribution is -0.121. The van der Waals surface area contributed by atoms with Crippen molar-refractivity contribution >= 4 is 39.5 Å². The third kappa shape index (κ3) is 5.64. The van der Waals surface area contributed by atoms with Crippen molar-refractivity contribution in [3.8, 4) is 0 Å². The van der Waals surface area contributed by atoms with Gasteiger partial charge in [0, 0.05) is 15.6 Å². The first-order valence-corrected chi connectivity index (χ1v) is 9.84. The zero-order chi connectivity index (χ0) is 19.9. The van der Waals surface area contributed by atoms with Gasteiger partial charge in [0.15, 0.2) is 0 Å². The molecule has 1 aromatic heterocycles. The maximum atomic E-state index is 12.9. The van der Waals surface area contributed by atoms with Gasteiger partial charge in [0.1, 0.15) is 10.8 Å². The maximum Gasteiger partial charge on any atom is 0.272 e. The van der Waals surface area contributed by atoms with E-state index in [1.54, 1.807) is 18.3 Å². The van der Waals surface area contributed by atoms with E-state index in [-0.39, 0.29) is 12.2 Å². The highest BCUT2D eigenvalue weighted by molar-refractivity contribution is 9.10. The van der Waals surface area contributed by atoms with Crippen molar-refractivity contribution in [1.29, 1.82) is 0 Å². The fourth-order valence-corrected chi connectivity index (χ4v) is 3.43. The molecule has 0 spiro atoms. The van der Waals surface area contributed by atoms with Gasteiger partial charge in [0.2, 0.25) is 5.91 Å². The fraction of sp³-hybridized carbons (Fsp3) is 0.0500. The van der Waals surface area contributed by atoms with Crippen molar-refractivity contribution in [2.45, 2.75) is 16.3 Å². The largest absolute Gasteiger partial charge is 0.273 e. The number of halogens is 2. The molecule has 28 heavy (non-hydrogen) atoms. The fourth-order valence-electron chi connectivity index (χ4n) is 2.28. The zero-order valence-electron chi connectivity index (χ0n) is 14.5. The van der Waals surface area contributed by atoms with Gasteiger partial charge in [-0.15, -0.1) is 0 Å². The summed E-state index contributed by atoms with van der Waals surface area (Å²) < 4.78 is 13.9. The second kappa shape index (κ2) is 9.48. The Morgan fingerprint density at radius 1 is 1.00 bits per heavy atom. The molecule has 0 atom stereocenters. The standard InChI is InChI=1S/C20H15BrFN3O2S/c21-14-5-9-16(10-6-14)28-20-17(2-1-11-23-20)19(27)25-24-18(26)12-13-3-7-15(22)8-4-13/h1-11H,12H2,(H,24,26)(H,25,27). The van der Waals surface area contributed by atoms with Gasteiger partial charge in [-0.2, -0.15) is 0 Å². The highest BCUT2D eigenvalue weighted by Gasteiger charge is 2.14. The van der Waals surface area contributed by atoms with Crippen LogP contribution in [-0.2, 0) is 11.2 Å². The summed E-state index contributed by atoms with van der Waals surface area (Å²) >= 11 is 4.73. The summed E-state index contributed by atoms with van der Waals surface area (Å²) in [6.45, 7) is 0. The molecule has 0 radical (unpaired) electrons. The number of carbonyl (C=O) groups excluding carboxylic acids is 2. The number of amides is 2. The number of rotatable bonds is 5. The number of carbonyl (C=O) groups is 2. The lowest BCUT2D eigenvalue weighted by Gasteiger charge is -2.10. The molecule has 0 unspecified atom stereocenters. The topological polar surface area (TPSA) is 71.1 Å². The number of pyridine rings is 1. The van der Waals surface area contributed by atoms with E-state index in [0.717, 1.165) is 9.37 Å². The number of aromatic nitrogens is 1. The van der Waals surface area contributed by atoms with E-state index in [2.05, 4.69) is 31.8 Å². The Kier molecular flexibility index (Phi) is 6.78. The Bertz CT molecular complexity index is 982. The van der Waals surface area contributed by atoms with Crippen molar-refractivity contribution < 1.29 is 14.0 Å². The summed E-state index contributed by atoms with van der Waals surface area (Å²) in [5.74, 6) is -1.25. The molecule has 8 heteroatoms. The summed E-state index contributed by atoms with van der Waals surface area (Å²) in [5.41, 5.74) is 5.74. The highest BCUT2D eigenvalue weighted by Crippen LogP contribution is 2.29. The van der Waals surface area contributed by atoms with E-state index in [9.17, 15) is 14.0 Å². The molecular formula is C20H15BrFN3O2S. The SMILES string of the molecule is O=C(Cc1ccc(F)cc1)NNC(=O)c1cccnc1Sc1ccc(Br)cc1. The van der Waals surface area contributed by atoms with Gasteiger partial charge in [0.25, 0.3) is 5.91 Å². The van der Waals surface area contributed by atoms with Crippen molar-refractivity contribution in [3.05, 3.63) is 88.3 Å². The molecule has 142 valence electrons. The number of nitrogens with zero attached hydrogens (tertiary/aromatic N) is 1. The third-order valence-electron chi connectivity index (χ3n) is 3.64. The average molecular weight is 460 g/mol. The average Bonchev–Trinajstić information content (AvgIpc) is 2.70. The van der Waals surface area contributed by atoms with Crippen molar-refractivity contribution in [3.63, 3.8) is 0 Å². The molecular weight excluding hydrogens is 445 g/mol. The normalized spacial score (nSPS) is 10.4. The molecule has 0 aliphatic carbocycles. The monoisotopic (exact) mass is 459 g/mol. The molecule has 0 saturated carbocycles. The third-order valence-corrected chi connectivity index (χ3v) is 5.19. The van der Waals surface area contributed by atoms with E-state index in [1.165, 1.54) is 36.0 Å². The number of hydrogen-bond acceptors (Lipinski definition) is 4. The minimum atomic E-state index is -0.472. The van der Waals surface area contributed by atoms with Gasteiger partial charge in [-0.1, -0.05) is 39.8 Å². The van der Waals surface area contributed by atoms with Crippen LogP contribution in [0.4, 0.5) is 4.39 Å². The molecule has 3 rings (SSSR count). The van der Waals surface area contributed by atoms with Crippen molar-refractivity contribution in [2.75, 3.05) is 0 Å². The first-order chi connectivity index (χ1) is 13.5.